The highest BCUT2D eigenvalue weighted by Gasteiger charge is 2.47. The number of benzene rings is 4. The largest absolute Gasteiger partial charge is 0.0718 e. The highest BCUT2D eigenvalue weighted by molar-refractivity contribution is 5.87. The van der Waals surface area contributed by atoms with Crippen LogP contribution < -0.4 is 0 Å². The normalized spacial score (nSPS) is 13.8. The van der Waals surface area contributed by atoms with Crippen molar-refractivity contribution < 1.29 is 0 Å². The molecule has 5 rings (SSSR count). The first-order chi connectivity index (χ1) is 13.6. The number of hydrogen-bond acceptors (Lipinski definition) is 0. The van der Waals surface area contributed by atoms with Crippen LogP contribution in [0.5, 0.6) is 0 Å². The fourth-order valence-electron chi connectivity index (χ4n) is 5.11. The maximum absolute atomic E-state index is 2.35. The molecule has 1 aliphatic carbocycles. The average Bonchev–Trinajstić information content (AvgIpc) is 2.99. The molecule has 0 unspecified atom stereocenters. The van der Waals surface area contributed by atoms with Gasteiger partial charge in [0.15, 0.2) is 0 Å². The van der Waals surface area contributed by atoms with Crippen LogP contribution in [0.1, 0.15) is 38.9 Å². The monoisotopic (exact) mass is 360 g/mol. The predicted octanol–water partition coefficient (Wildman–Crippen LogP) is 6.97. The topological polar surface area (TPSA) is 0 Å². The summed E-state index contributed by atoms with van der Waals surface area (Å²) in [5.41, 5.74) is 11.9. The Bertz CT molecular complexity index is 1150. The molecule has 0 heteroatoms. The number of aryl methyl sites for hydroxylation is 3. The van der Waals surface area contributed by atoms with Crippen LogP contribution in [0.15, 0.2) is 91.0 Å². The van der Waals surface area contributed by atoms with E-state index >= 15 is 0 Å². The van der Waals surface area contributed by atoms with Gasteiger partial charge >= 0.3 is 0 Å². The summed E-state index contributed by atoms with van der Waals surface area (Å²) in [7, 11) is 0. The molecule has 0 radical (unpaired) electrons. The van der Waals surface area contributed by atoms with Crippen LogP contribution in [-0.2, 0) is 5.41 Å². The van der Waals surface area contributed by atoms with E-state index < -0.39 is 0 Å². The third-order valence-corrected chi connectivity index (χ3v) is 6.30. The van der Waals surface area contributed by atoms with Gasteiger partial charge in [0.25, 0.3) is 0 Å². The zero-order chi connectivity index (χ0) is 19.3. The van der Waals surface area contributed by atoms with E-state index in [0.29, 0.717) is 0 Å². The predicted molar refractivity (Wildman–Crippen MR) is 118 cm³/mol. The van der Waals surface area contributed by atoms with E-state index in [2.05, 4.69) is 112 Å². The third-order valence-electron chi connectivity index (χ3n) is 6.30. The second kappa shape index (κ2) is 6.21. The minimum atomic E-state index is -0.281. The molecule has 1 aliphatic rings. The summed E-state index contributed by atoms with van der Waals surface area (Å²) in [5.74, 6) is 0. The van der Waals surface area contributed by atoms with Crippen LogP contribution in [0.25, 0.3) is 11.1 Å². The second-order valence-electron chi connectivity index (χ2n) is 7.97. The molecular weight excluding hydrogens is 336 g/mol. The summed E-state index contributed by atoms with van der Waals surface area (Å²) in [6, 6.07) is 33.7. The van der Waals surface area contributed by atoms with Gasteiger partial charge in [0.2, 0.25) is 0 Å². The first-order valence-corrected chi connectivity index (χ1v) is 9.97. The molecule has 4 aromatic rings. The molecular formula is C28H24. The summed E-state index contributed by atoms with van der Waals surface area (Å²) < 4.78 is 0. The molecule has 4 aromatic carbocycles. The van der Waals surface area contributed by atoms with E-state index in [-0.39, 0.29) is 5.41 Å². The van der Waals surface area contributed by atoms with Crippen LogP contribution in [-0.4, -0.2) is 0 Å². The lowest BCUT2D eigenvalue weighted by atomic mass is 9.65. The Hall–Kier alpha value is -3.12. The lowest BCUT2D eigenvalue weighted by Gasteiger charge is -2.36. The van der Waals surface area contributed by atoms with Crippen molar-refractivity contribution in [3.63, 3.8) is 0 Å². The molecule has 28 heavy (non-hydrogen) atoms. The minimum Gasteiger partial charge on any atom is -0.0620 e. The average molecular weight is 361 g/mol. The Morgan fingerprint density at radius 3 is 1.57 bits per heavy atom. The number of hydrogen-bond donors (Lipinski definition) is 0. The first kappa shape index (κ1) is 17.0. The van der Waals surface area contributed by atoms with Gasteiger partial charge in [-0.15, -0.1) is 0 Å². The van der Waals surface area contributed by atoms with Gasteiger partial charge in [-0.05, 0) is 65.3 Å². The van der Waals surface area contributed by atoms with Gasteiger partial charge in [-0.3, -0.25) is 0 Å². The molecule has 0 aliphatic heterocycles. The van der Waals surface area contributed by atoms with Crippen molar-refractivity contribution in [2.75, 3.05) is 0 Å². The van der Waals surface area contributed by atoms with Crippen LogP contribution in [0, 0.1) is 20.8 Å². The first-order valence-electron chi connectivity index (χ1n) is 9.97. The van der Waals surface area contributed by atoms with Crippen LogP contribution >= 0.6 is 0 Å². The maximum atomic E-state index is 2.35. The summed E-state index contributed by atoms with van der Waals surface area (Å²) in [6.07, 6.45) is 0. The standard InChI is InChI=1S/C28H24/c1-19-16-17-27-23(18-19)22-12-6-9-15-26(22)28(27,24-13-7-4-10-20(24)2)25-14-8-5-11-21(25)3/h4-18H,1-3H3. The van der Waals surface area contributed by atoms with E-state index in [0.717, 1.165) is 0 Å². The second-order valence-corrected chi connectivity index (χ2v) is 7.97. The van der Waals surface area contributed by atoms with Gasteiger partial charge in [0.1, 0.15) is 0 Å². The Morgan fingerprint density at radius 2 is 0.964 bits per heavy atom. The summed E-state index contributed by atoms with van der Waals surface area (Å²) >= 11 is 0. The molecule has 0 fully saturated rings. The van der Waals surface area contributed by atoms with E-state index in [1.165, 1.54) is 50.1 Å². The van der Waals surface area contributed by atoms with E-state index in [1.54, 1.807) is 0 Å². The van der Waals surface area contributed by atoms with E-state index in [9.17, 15) is 0 Å². The van der Waals surface area contributed by atoms with Gasteiger partial charge in [0, 0.05) is 0 Å². The Labute approximate surface area is 167 Å². The SMILES string of the molecule is Cc1ccc2c(c1)-c1ccccc1C2(c1ccccc1C)c1ccccc1C. The highest BCUT2D eigenvalue weighted by atomic mass is 14.5. The van der Waals surface area contributed by atoms with Gasteiger partial charge in [0.05, 0.1) is 5.41 Å². The fourth-order valence-corrected chi connectivity index (χ4v) is 5.11. The molecule has 0 atom stereocenters. The molecule has 0 N–H and O–H groups in total. The fraction of sp³-hybridized carbons (Fsp3) is 0.143. The smallest absolute Gasteiger partial charge is 0.0620 e. The number of rotatable bonds is 2. The molecule has 0 saturated carbocycles. The quantitative estimate of drug-likeness (QED) is 0.319. The molecule has 0 nitrogen and oxygen atoms in total. The van der Waals surface area contributed by atoms with Gasteiger partial charge in [-0.2, -0.15) is 0 Å². The molecule has 0 amide bonds. The maximum Gasteiger partial charge on any atom is 0.0718 e. The molecule has 0 spiro atoms. The van der Waals surface area contributed by atoms with E-state index in [1.807, 2.05) is 0 Å². The van der Waals surface area contributed by atoms with Crippen molar-refractivity contribution >= 4 is 0 Å². The zero-order valence-electron chi connectivity index (χ0n) is 16.7. The van der Waals surface area contributed by atoms with Gasteiger partial charge in [-0.25, -0.2) is 0 Å². The van der Waals surface area contributed by atoms with E-state index in [4.69, 9.17) is 0 Å². The summed E-state index contributed by atoms with van der Waals surface area (Å²) in [4.78, 5) is 0. The molecule has 136 valence electrons. The molecule has 0 bridgehead atoms. The van der Waals surface area contributed by atoms with Crippen molar-refractivity contribution in [2.45, 2.75) is 26.2 Å². The highest BCUT2D eigenvalue weighted by Crippen LogP contribution is 2.57. The Morgan fingerprint density at radius 1 is 0.464 bits per heavy atom. The van der Waals surface area contributed by atoms with Gasteiger partial charge < -0.3 is 0 Å². The third kappa shape index (κ3) is 2.18. The molecule has 0 saturated heterocycles. The summed E-state index contributed by atoms with van der Waals surface area (Å²) in [5, 5.41) is 0. The molecule has 0 aromatic heterocycles. The zero-order valence-corrected chi connectivity index (χ0v) is 16.7. The van der Waals surface area contributed by atoms with Gasteiger partial charge in [-0.1, -0.05) is 96.6 Å². The van der Waals surface area contributed by atoms with Crippen LogP contribution in [0.4, 0.5) is 0 Å². The summed E-state index contributed by atoms with van der Waals surface area (Å²) in [6.45, 7) is 6.67. The number of fused-ring (bicyclic) bond motifs is 3. The van der Waals surface area contributed by atoms with Crippen LogP contribution in [0.3, 0.4) is 0 Å². The van der Waals surface area contributed by atoms with Crippen molar-refractivity contribution in [3.8, 4) is 11.1 Å². The molecule has 0 heterocycles. The van der Waals surface area contributed by atoms with Crippen molar-refractivity contribution in [3.05, 3.63) is 130 Å². The van der Waals surface area contributed by atoms with Crippen molar-refractivity contribution in [1.82, 2.24) is 0 Å². The van der Waals surface area contributed by atoms with Crippen molar-refractivity contribution in [1.29, 1.82) is 0 Å². The minimum absolute atomic E-state index is 0.281. The lowest BCUT2D eigenvalue weighted by Crippen LogP contribution is -2.30. The van der Waals surface area contributed by atoms with Crippen molar-refractivity contribution in [2.24, 2.45) is 0 Å². The van der Waals surface area contributed by atoms with Crippen LogP contribution in [0.2, 0.25) is 0 Å². The Kier molecular flexibility index (Phi) is 3.77. The lowest BCUT2D eigenvalue weighted by molar-refractivity contribution is 0.754. The Balaban J connectivity index is 2.03.